The first-order valence-corrected chi connectivity index (χ1v) is 5.86. The molecule has 18 heavy (non-hydrogen) atoms. The molecule has 0 aromatic carbocycles. The zero-order valence-corrected chi connectivity index (χ0v) is 10.2. The van der Waals surface area contributed by atoms with Gasteiger partial charge in [0.05, 0.1) is 0 Å². The third-order valence-electron chi connectivity index (χ3n) is 2.55. The van der Waals surface area contributed by atoms with E-state index in [-0.39, 0.29) is 0 Å². The fourth-order valence-electron chi connectivity index (χ4n) is 1.67. The Balaban J connectivity index is 1.85. The van der Waals surface area contributed by atoms with Crippen molar-refractivity contribution in [1.82, 2.24) is 14.8 Å². The van der Waals surface area contributed by atoms with Crippen molar-refractivity contribution >= 4 is 5.82 Å². The van der Waals surface area contributed by atoms with Gasteiger partial charge in [-0.25, -0.2) is 4.98 Å². The van der Waals surface area contributed by atoms with Crippen molar-refractivity contribution in [2.24, 2.45) is 5.92 Å². The number of aromatic nitrogens is 3. The summed E-state index contributed by atoms with van der Waals surface area (Å²) in [6, 6.07) is 9.32. The monoisotopic (exact) mass is 241 g/mol. The molecular weight excluding hydrogens is 226 g/mol. The smallest absolute Gasteiger partial charge is 0.142 e. The van der Waals surface area contributed by atoms with E-state index in [0.717, 1.165) is 18.9 Å². The Morgan fingerprint density at radius 3 is 3.06 bits per heavy atom. The Kier molecular flexibility index (Phi) is 3.92. The summed E-state index contributed by atoms with van der Waals surface area (Å²) < 4.78 is 1.91. The summed E-state index contributed by atoms with van der Waals surface area (Å²) in [5.74, 6) is 1.17. The molecule has 0 amide bonds. The van der Waals surface area contributed by atoms with Gasteiger partial charge in [-0.05, 0) is 24.1 Å². The SMILES string of the molecule is CC(CNc1cccc(C#N)n1)Cn1cccn1. The zero-order valence-electron chi connectivity index (χ0n) is 10.2. The van der Waals surface area contributed by atoms with Crippen LogP contribution in [0.25, 0.3) is 0 Å². The van der Waals surface area contributed by atoms with Crippen LogP contribution in [0.1, 0.15) is 12.6 Å². The van der Waals surface area contributed by atoms with E-state index < -0.39 is 0 Å². The second kappa shape index (κ2) is 5.82. The molecule has 5 nitrogen and oxygen atoms in total. The summed E-state index contributed by atoms with van der Waals surface area (Å²) in [7, 11) is 0. The van der Waals surface area contributed by atoms with Crippen molar-refractivity contribution in [3.05, 3.63) is 42.4 Å². The van der Waals surface area contributed by atoms with Crippen LogP contribution in [-0.4, -0.2) is 21.3 Å². The van der Waals surface area contributed by atoms with Crippen molar-refractivity contribution in [3.8, 4) is 6.07 Å². The number of hydrogen-bond donors (Lipinski definition) is 1. The van der Waals surface area contributed by atoms with Gasteiger partial charge in [0.25, 0.3) is 0 Å². The quantitative estimate of drug-likeness (QED) is 0.868. The van der Waals surface area contributed by atoms with Gasteiger partial charge in [0.1, 0.15) is 17.6 Å². The molecule has 0 spiro atoms. The predicted molar refractivity (Wildman–Crippen MR) is 68.8 cm³/mol. The third-order valence-corrected chi connectivity index (χ3v) is 2.55. The van der Waals surface area contributed by atoms with E-state index >= 15 is 0 Å². The van der Waals surface area contributed by atoms with Crippen molar-refractivity contribution in [2.45, 2.75) is 13.5 Å². The van der Waals surface area contributed by atoms with Crippen molar-refractivity contribution in [3.63, 3.8) is 0 Å². The van der Waals surface area contributed by atoms with E-state index in [9.17, 15) is 0 Å². The number of nitriles is 1. The number of nitrogens with zero attached hydrogens (tertiary/aromatic N) is 4. The van der Waals surface area contributed by atoms with Gasteiger partial charge in [-0.2, -0.15) is 10.4 Å². The Morgan fingerprint density at radius 2 is 2.33 bits per heavy atom. The molecule has 0 aliphatic carbocycles. The molecule has 0 fully saturated rings. The molecule has 0 bridgehead atoms. The number of hydrogen-bond acceptors (Lipinski definition) is 4. The third kappa shape index (κ3) is 3.32. The maximum Gasteiger partial charge on any atom is 0.142 e. The highest BCUT2D eigenvalue weighted by atomic mass is 15.3. The fraction of sp³-hybridized carbons (Fsp3) is 0.308. The molecule has 2 aromatic rings. The molecule has 0 aliphatic heterocycles. The number of rotatable bonds is 5. The van der Waals surface area contributed by atoms with Crippen LogP contribution in [0.15, 0.2) is 36.7 Å². The van der Waals surface area contributed by atoms with Gasteiger partial charge in [-0.3, -0.25) is 4.68 Å². The largest absolute Gasteiger partial charge is 0.370 e. The van der Waals surface area contributed by atoms with Crippen molar-refractivity contribution in [2.75, 3.05) is 11.9 Å². The summed E-state index contributed by atoms with van der Waals surface area (Å²) in [5.41, 5.74) is 0.430. The Hall–Kier alpha value is -2.35. The van der Waals surface area contributed by atoms with Crippen LogP contribution >= 0.6 is 0 Å². The zero-order chi connectivity index (χ0) is 12.8. The lowest BCUT2D eigenvalue weighted by Crippen LogP contribution is -2.18. The normalized spacial score (nSPS) is 11.8. The molecule has 5 heteroatoms. The Labute approximate surface area is 106 Å². The van der Waals surface area contributed by atoms with E-state index in [1.54, 1.807) is 12.3 Å². The van der Waals surface area contributed by atoms with Crippen molar-refractivity contribution < 1.29 is 0 Å². The highest BCUT2D eigenvalue weighted by Crippen LogP contribution is 2.06. The van der Waals surface area contributed by atoms with Gasteiger partial charge < -0.3 is 5.32 Å². The highest BCUT2D eigenvalue weighted by molar-refractivity contribution is 5.38. The average molecular weight is 241 g/mol. The van der Waals surface area contributed by atoms with Gasteiger partial charge in [-0.15, -0.1) is 0 Å². The topological polar surface area (TPSA) is 66.5 Å². The molecule has 0 saturated carbocycles. The second-order valence-corrected chi connectivity index (χ2v) is 4.23. The van der Waals surface area contributed by atoms with E-state index in [0.29, 0.717) is 11.6 Å². The van der Waals surface area contributed by atoms with Crippen LogP contribution < -0.4 is 5.32 Å². The second-order valence-electron chi connectivity index (χ2n) is 4.23. The lowest BCUT2D eigenvalue weighted by atomic mass is 10.2. The van der Waals surface area contributed by atoms with Crippen molar-refractivity contribution in [1.29, 1.82) is 5.26 Å². The first kappa shape index (κ1) is 12.1. The minimum atomic E-state index is 0.428. The first-order chi connectivity index (χ1) is 8.78. The van der Waals surface area contributed by atoms with Crippen LogP contribution in [0, 0.1) is 17.2 Å². The lowest BCUT2D eigenvalue weighted by Gasteiger charge is -2.13. The van der Waals surface area contributed by atoms with Crippen LogP contribution in [0.3, 0.4) is 0 Å². The Bertz CT molecular complexity index is 527. The van der Waals surface area contributed by atoms with Gasteiger partial charge in [0.15, 0.2) is 0 Å². The average Bonchev–Trinajstić information content (AvgIpc) is 2.89. The lowest BCUT2D eigenvalue weighted by molar-refractivity contribution is 0.467. The Morgan fingerprint density at radius 1 is 1.44 bits per heavy atom. The molecule has 1 atom stereocenters. The molecule has 2 rings (SSSR count). The minimum Gasteiger partial charge on any atom is -0.370 e. The van der Waals surface area contributed by atoms with E-state index in [1.165, 1.54) is 0 Å². The van der Waals surface area contributed by atoms with E-state index in [2.05, 4.69) is 22.3 Å². The maximum absolute atomic E-state index is 8.76. The van der Waals surface area contributed by atoms with Gasteiger partial charge >= 0.3 is 0 Å². The first-order valence-electron chi connectivity index (χ1n) is 5.86. The van der Waals surface area contributed by atoms with Gasteiger partial charge in [0.2, 0.25) is 0 Å². The number of pyridine rings is 1. The predicted octanol–water partition coefficient (Wildman–Crippen LogP) is 1.90. The highest BCUT2D eigenvalue weighted by Gasteiger charge is 2.04. The number of anilines is 1. The summed E-state index contributed by atoms with van der Waals surface area (Å²) in [6.45, 7) is 3.79. The summed E-state index contributed by atoms with van der Waals surface area (Å²) >= 11 is 0. The van der Waals surface area contributed by atoms with E-state index in [4.69, 9.17) is 5.26 Å². The number of nitrogens with one attached hydrogen (secondary N) is 1. The molecular formula is C13H15N5. The molecule has 0 radical (unpaired) electrons. The summed E-state index contributed by atoms with van der Waals surface area (Å²) in [5, 5.41) is 16.2. The van der Waals surface area contributed by atoms with Gasteiger partial charge in [0, 0.05) is 25.5 Å². The molecule has 0 saturated heterocycles. The van der Waals surface area contributed by atoms with Crippen LogP contribution in [0.4, 0.5) is 5.82 Å². The standard InChI is InChI=1S/C13H15N5/c1-11(10-18-7-3-6-16-18)9-15-13-5-2-4-12(8-14)17-13/h2-7,11H,9-10H2,1H3,(H,15,17). The van der Waals surface area contributed by atoms with Crippen LogP contribution in [0.2, 0.25) is 0 Å². The maximum atomic E-state index is 8.76. The molecule has 2 aromatic heterocycles. The summed E-state index contributed by atoms with van der Waals surface area (Å²) in [4.78, 5) is 4.17. The molecule has 0 aliphatic rings. The van der Waals surface area contributed by atoms with Gasteiger partial charge in [-0.1, -0.05) is 13.0 Å². The van der Waals surface area contributed by atoms with E-state index in [1.807, 2.05) is 35.1 Å². The molecule has 1 N–H and O–H groups in total. The molecule has 92 valence electrons. The molecule has 1 unspecified atom stereocenters. The minimum absolute atomic E-state index is 0.428. The molecule has 2 heterocycles. The fourth-order valence-corrected chi connectivity index (χ4v) is 1.67. The van der Waals surface area contributed by atoms with Crippen LogP contribution in [-0.2, 0) is 6.54 Å². The van der Waals surface area contributed by atoms with Crippen LogP contribution in [0.5, 0.6) is 0 Å². The summed E-state index contributed by atoms with van der Waals surface area (Å²) in [6.07, 6.45) is 3.73.